The Morgan fingerprint density at radius 2 is 1.84 bits per heavy atom. The average molecular weight is 475 g/mol. The predicted molar refractivity (Wildman–Crippen MR) is 142 cm³/mol. The minimum atomic E-state index is 0.425. The Hall–Kier alpha value is -1.68. The quantitative estimate of drug-likeness (QED) is 0.336. The molecule has 3 rings (SSSR count). The van der Waals surface area contributed by atoms with Crippen molar-refractivity contribution in [3.8, 4) is 0 Å². The molecular formula is C27H37Cl2N3. The van der Waals surface area contributed by atoms with Gasteiger partial charge in [-0.1, -0.05) is 61.3 Å². The second kappa shape index (κ2) is 12.0. The number of rotatable bonds is 10. The van der Waals surface area contributed by atoms with Crippen LogP contribution in [0.3, 0.4) is 0 Å². The number of allylic oxidation sites excluding steroid dienone is 1. The van der Waals surface area contributed by atoms with Gasteiger partial charge in [-0.25, -0.2) is 0 Å². The van der Waals surface area contributed by atoms with E-state index >= 15 is 0 Å². The lowest BCUT2D eigenvalue weighted by atomic mass is 9.96. The van der Waals surface area contributed by atoms with Crippen molar-refractivity contribution in [1.29, 1.82) is 0 Å². The van der Waals surface area contributed by atoms with E-state index in [1.54, 1.807) is 0 Å². The van der Waals surface area contributed by atoms with Crippen LogP contribution in [0.15, 0.2) is 49.1 Å². The maximum atomic E-state index is 6.47. The van der Waals surface area contributed by atoms with Crippen LogP contribution in [0, 0.1) is 0 Å². The van der Waals surface area contributed by atoms with E-state index in [0.29, 0.717) is 16.1 Å². The summed E-state index contributed by atoms with van der Waals surface area (Å²) >= 11 is 12.7. The standard InChI is InChI=1S/C27H37Cl2N3/c1-5-8-10-21-13-14-22(20-26(21)30(4)15-6-2)24(7-3)31-16-18-32(19-17-31)25-12-9-11-23(28)27(25)29/h5,9,11-14,20,24H,1,6-8,10,15-19H2,2-4H3. The van der Waals surface area contributed by atoms with Crippen LogP contribution in [0.5, 0.6) is 0 Å². The molecule has 32 heavy (non-hydrogen) atoms. The molecule has 3 nitrogen and oxygen atoms in total. The van der Waals surface area contributed by atoms with Crippen LogP contribution in [0.25, 0.3) is 0 Å². The highest BCUT2D eigenvalue weighted by Gasteiger charge is 2.26. The van der Waals surface area contributed by atoms with E-state index < -0.39 is 0 Å². The number of halogens is 2. The first-order valence-corrected chi connectivity index (χ1v) is 12.6. The molecule has 0 saturated carbocycles. The molecular weight excluding hydrogens is 437 g/mol. The molecule has 2 aromatic carbocycles. The highest BCUT2D eigenvalue weighted by atomic mass is 35.5. The van der Waals surface area contributed by atoms with E-state index in [1.807, 2.05) is 18.2 Å². The Kier molecular flexibility index (Phi) is 9.34. The monoisotopic (exact) mass is 473 g/mol. The van der Waals surface area contributed by atoms with Crippen LogP contribution in [-0.2, 0) is 6.42 Å². The van der Waals surface area contributed by atoms with Crippen molar-refractivity contribution in [3.63, 3.8) is 0 Å². The second-order valence-electron chi connectivity index (χ2n) is 8.66. The van der Waals surface area contributed by atoms with E-state index in [2.05, 4.69) is 66.4 Å². The summed E-state index contributed by atoms with van der Waals surface area (Å²) in [6.45, 7) is 13.4. The van der Waals surface area contributed by atoms with Crippen molar-refractivity contribution < 1.29 is 0 Å². The molecule has 0 aliphatic carbocycles. The molecule has 5 heteroatoms. The van der Waals surface area contributed by atoms with Crippen LogP contribution in [0.1, 0.15) is 50.3 Å². The largest absolute Gasteiger partial charge is 0.374 e. The van der Waals surface area contributed by atoms with Gasteiger partial charge in [-0.05, 0) is 55.0 Å². The van der Waals surface area contributed by atoms with Crippen molar-refractivity contribution in [1.82, 2.24) is 4.90 Å². The van der Waals surface area contributed by atoms with Gasteiger partial charge in [-0.3, -0.25) is 4.90 Å². The number of benzene rings is 2. The zero-order valence-corrected chi connectivity index (χ0v) is 21.3. The molecule has 0 amide bonds. The molecule has 2 aromatic rings. The molecule has 1 saturated heterocycles. The predicted octanol–water partition coefficient (Wildman–Crippen LogP) is 7.23. The molecule has 1 heterocycles. The first-order valence-electron chi connectivity index (χ1n) is 11.9. The van der Waals surface area contributed by atoms with Crippen molar-refractivity contribution in [3.05, 3.63) is 70.2 Å². The summed E-state index contributed by atoms with van der Waals surface area (Å²) in [5.41, 5.74) is 5.25. The van der Waals surface area contributed by atoms with Crippen molar-refractivity contribution in [2.45, 2.75) is 45.6 Å². The molecule has 0 bridgehead atoms. The fourth-order valence-corrected chi connectivity index (χ4v) is 5.20. The van der Waals surface area contributed by atoms with E-state index in [-0.39, 0.29) is 0 Å². The molecule has 0 radical (unpaired) electrons. The van der Waals surface area contributed by atoms with Gasteiger partial charge in [-0.15, -0.1) is 6.58 Å². The maximum Gasteiger partial charge on any atom is 0.0825 e. The lowest BCUT2D eigenvalue weighted by Crippen LogP contribution is -2.47. The lowest BCUT2D eigenvalue weighted by Gasteiger charge is -2.40. The topological polar surface area (TPSA) is 9.72 Å². The lowest BCUT2D eigenvalue weighted by molar-refractivity contribution is 0.181. The summed E-state index contributed by atoms with van der Waals surface area (Å²) in [5, 5.41) is 1.28. The Bertz CT molecular complexity index is 890. The van der Waals surface area contributed by atoms with Gasteiger partial charge in [0.2, 0.25) is 0 Å². The van der Waals surface area contributed by atoms with Gasteiger partial charge in [0, 0.05) is 51.5 Å². The highest BCUT2D eigenvalue weighted by Crippen LogP contribution is 2.35. The summed E-state index contributed by atoms with van der Waals surface area (Å²) in [5.74, 6) is 0. The smallest absolute Gasteiger partial charge is 0.0825 e. The highest BCUT2D eigenvalue weighted by molar-refractivity contribution is 6.43. The summed E-state index contributed by atoms with van der Waals surface area (Å²) in [6.07, 6.45) is 6.31. The number of hydrogen-bond donors (Lipinski definition) is 0. The number of nitrogens with zero attached hydrogens (tertiary/aromatic N) is 3. The molecule has 0 N–H and O–H groups in total. The first-order chi connectivity index (χ1) is 15.5. The summed E-state index contributed by atoms with van der Waals surface area (Å²) in [6, 6.07) is 13.4. The average Bonchev–Trinajstić information content (AvgIpc) is 2.81. The van der Waals surface area contributed by atoms with Crippen LogP contribution in [0.4, 0.5) is 11.4 Å². The van der Waals surface area contributed by atoms with Gasteiger partial charge in [0.15, 0.2) is 0 Å². The molecule has 1 aliphatic heterocycles. The molecule has 0 aromatic heterocycles. The Morgan fingerprint density at radius 1 is 1.09 bits per heavy atom. The van der Waals surface area contributed by atoms with E-state index in [1.165, 1.54) is 16.8 Å². The summed E-state index contributed by atoms with van der Waals surface area (Å²) < 4.78 is 0. The molecule has 1 fully saturated rings. The molecule has 1 aliphatic rings. The van der Waals surface area contributed by atoms with Gasteiger partial charge in [0.25, 0.3) is 0 Å². The number of hydrogen-bond acceptors (Lipinski definition) is 3. The molecule has 0 spiro atoms. The van der Waals surface area contributed by atoms with Gasteiger partial charge in [-0.2, -0.15) is 0 Å². The number of aryl methyl sites for hydroxylation is 1. The van der Waals surface area contributed by atoms with Gasteiger partial charge < -0.3 is 9.80 Å². The minimum absolute atomic E-state index is 0.425. The van der Waals surface area contributed by atoms with Crippen LogP contribution in [-0.4, -0.2) is 44.7 Å². The normalized spacial score (nSPS) is 15.6. The van der Waals surface area contributed by atoms with Crippen molar-refractivity contribution >= 4 is 34.6 Å². The van der Waals surface area contributed by atoms with Gasteiger partial charge >= 0.3 is 0 Å². The van der Waals surface area contributed by atoms with Crippen LogP contribution < -0.4 is 9.80 Å². The molecule has 1 atom stereocenters. The SMILES string of the molecule is C=CCCc1ccc(C(CC)N2CCN(c3cccc(Cl)c3Cl)CC2)cc1N(C)CCC. The number of anilines is 2. The third kappa shape index (κ3) is 5.81. The van der Waals surface area contributed by atoms with E-state index in [9.17, 15) is 0 Å². The first kappa shape index (κ1) is 25.0. The van der Waals surface area contributed by atoms with E-state index in [0.717, 1.165) is 64.1 Å². The number of piperazine rings is 1. The van der Waals surface area contributed by atoms with Crippen LogP contribution >= 0.6 is 23.2 Å². The Balaban J connectivity index is 1.77. The third-order valence-electron chi connectivity index (χ3n) is 6.50. The minimum Gasteiger partial charge on any atom is -0.374 e. The fourth-order valence-electron chi connectivity index (χ4n) is 4.78. The maximum absolute atomic E-state index is 6.47. The van der Waals surface area contributed by atoms with E-state index in [4.69, 9.17) is 23.2 Å². The molecule has 1 unspecified atom stereocenters. The zero-order chi connectivity index (χ0) is 23.1. The molecule has 174 valence electrons. The fraction of sp³-hybridized carbons (Fsp3) is 0.481. The summed E-state index contributed by atoms with van der Waals surface area (Å²) in [4.78, 5) is 7.39. The zero-order valence-electron chi connectivity index (χ0n) is 19.8. The Labute approximate surface area is 204 Å². The van der Waals surface area contributed by atoms with Crippen molar-refractivity contribution in [2.75, 3.05) is 49.6 Å². The van der Waals surface area contributed by atoms with Crippen LogP contribution in [0.2, 0.25) is 10.0 Å². The summed E-state index contributed by atoms with van der Waals surface area (Å²) in [7, 11) is 2.22. The second-order valence-corrected chi connectivity index (χ2v) is 9.44. The third-order valence-corrected chi connectivity index (χ3v) is 7.30. The Morgan fingerprint density at radius 3 is 2.50 bits per heavy atom. The van der Waals surface area contributed by atoms with Crippen molar-refractivity contribution in [2.24, 2.45) is 0 Å². The van der Waals surface area contributed by atoms with Gasteiger partial charge in [0.1, 0.15) is 0 Å². The van der Waals surface area contributed by atoms with Gasteiger partial charge in [0.05, 0.1) is 15.7 Å².